The molecule has 2 aliphatic rings. The molecule has 0 atom stereocenters. The third-order valence-electron chi connectivity index (χ3n) is 5.46. The average molecular weight is 388 g/mol. The zero-order valence-electron chi connectivity index (χ0n) is 16.9. The summed E-state index contributed by atoms with van der Waals surface area (Å²) in [5.41, 5.74) is 1.61. The van der Waals surface area contributed by atoms with E-state index >= 15 is 0 Å². The summed E-state index contributed by atoms with van der Waals surface area (Å²) >= 11 is 0. The van der Waals surface area contributed by atoms with Crippen LogP contribution >= 0.6 is 0 Å². The van der Waals surface area contributed by atoms with Gasteiger partial charge >= 0.3 is 5.97 Å². The largest absolute Gasteiger partial charge is 0.481 e. The number of hydrogen-bond acceptors (Lipinski definition) is 3. The molecule has 27 heavy (non-hydrogen) atoms. The second kappa shape index (κ2) is 9.06. The van der Waals surface area contributed by atoms with Crippen molar-refractivity contribution in [2.45, 2.75) is 76.2 Å². The van der Waals surface area contributed by atoms with Crippen LogP contribution in [-0.2, 0) is 20.4 Å². The van der Waals surface area contributed by atoms with Crippen LogP contribution < -0.4 is 4.74 Å². The smallest absolute Gasteiger partial charge is 0.345 e. The Balaban J connectivity index is 1.63. The van der Waals surface area contributed by atoms with Crippen molar-refractivity contribution in [2.75, 3.05) is 18.1 Å². The summed E-state index contributed by atoms with van der Waals surface area (Å²) in [7, 11) is 0.392. The topological polar surface area (TPSA) is 35.5 Å². The van der Waals surface area contributed by atoms with Crippen molar-refractivity contribution in [3.63, 3.8) is 0 Å². The normalized spacial score (nSPS) is 19.2. The summed E-state index contributed by atoms with van der Waals surface area (Å²) in [5.74, 6) is 9.20. The molecule has 1 aromatic carbocycles. The highest BCUT2D eigenvalue weighted by atomic mass is 32.2. The monoisotopic (exact) mass is 387 g/mol. The van der Waals surface area contributed by atoms with E-state index in [4.69, 9.17) is 9.47 Å². The fourth-order valence-corrected chi connectivity index (χ4v) is 6.64. The molecule has 0 aromatic heterocycles. The molecule has 0 N–H and O–H groups in total. The van der Waals surface area contributed by atoms with E-state index in [0.29, 0.717) is 10.9 Å². The van der Waals surface area contributed by atoms with Crippen molar-refractivity contribution < 1.29 is 14.3 Å². The van der Waals surface area contributed by atoms with E-state index in [-0.39, 0.29) is 12.6 Å². The second-order valence-corrected chi connectivity index (χ2v) is 9.96. The highest BCUT2D eigenvalue weighted by molar-refractivity contribution is 7.97. The molecule has 3 rings (SSSR count). The van der Waals surface area contributed by atoms with E-state index in [1.807, 2.05) is 0 Å². The summed E-state index contributed by atoms with van der Waals surface area (Å²) in [5, 5.41) is 0. The van der Waals surface area contributed by atoms with Gasteiger partial charge in [-0.15, -0.1) is 5.92 Å². The van der Waals surface area contributed by atoms with Gasteiger partial charge in [-0.05, 0) is 82.6 Å². The van der Waals surface area contributed by atoms with Gasteiger partial charge in [0.2, 0.25) is 0 Å². The van der Waals surface area contributed by atoms with E-state index in [2.05, 4.69) is 37.8 Å². The zero-order valence-corrected chi connectivity index (χ0v) is 17.7. The van der Waals surface area contributed by atoms with Crippen LogP contribution in [-0.4, -0.2) is 29.7 Å². The van der Waals surface area contributed by atoms with Gasteiger partial charge in [-0.3, -0.25) is 0 Å². The van der Waals surface area contributed by atoms with Crippen LogP contribution in [0.15, 0.2) is 17.0 Å². The zero-order chi connectivity index (χ0) is 19.3. The van der Waals surface area contributed by atoms with Gasteiger partial charge in [-0.1, -0.05) is 12.3 Å². The van der Waals surface area contributed by atoms with Crippen LogP contribution in [0.5, 0.6) is 5.75 Å². The lowest BCUT2D eigenvalue weighted by Crippen LogP contribution is -2.37. The quantitative estimate of drug-likeness (QED) is 0.416. The minimum atomic E-state index is -0.606. The molecular weight excluding hydrogens is 356 g/mol. The number of benzene rings is 1. The maximum absolute atomic E-state index is 12.4. The fourth-order valence-electron chi connectivity index (χ4n) is 4.18. The molecule has 1 aliphatic carbocycles. The number of aryl methyl sites for hydroxylation is 2. The SMILES string of the molecule is CC#CC1(OC(=O)COc2c(C)cc([S+]3CCCC3)cc2C)CCCCC1. The third kappa shape index (κ3) is 5.02. The predicted molar refractivity (Wildman–Crippen MR) is 111 cm³/mol. The van der Waals surface area contributed by atoms with Gasteiger partial charge in [-0.25, -0.2) is 4.79 Å². The Morgan fingerprint density at radius 2 is 1.70 bits per heavy atom. The summed E-state index contributed by atoms with van der Waals surface area (Å²) in [4.78, 5) is 13.9. The highest BCUT2D eigenvalue weighted by Gasteiger charge is 2.34. The first-order valence-electron chi connectivity index (χ1n) is 10.1. The molecular formula is C23H31O3S+. The molecule has 3 nitrogen and oxygen atoms in total. The van der Waals surface area contributed by atoms with Crippen molar-refractivity contribution >= 4 is 16.9 Å². The van der Waals surface area contributed by atoms with Crippen molar-refractivity contribution in [1.29, 1.82) is 0 Å². The molecule has 146 valence electrons. The van der Waals surface area contributed by atoms with E-state index in [0.717, 1.165) is 42.6 Å². The van der Waals surface area contributed by atoms with Crippen LogP contribution in [0.25, 0.3) is 0 Å². The maximum Gasteiger partial charge on any atom is 0.345 e. The molecule has 0 amide bonds. The highest BCUT2D eigenvalue weighted by Crippen LogP contribution is 2.33. The van der Waals surface area contributed by atoms with Gasteiger partial charge in [0.25, 0.3) is 0 Å². The van der Waals surface area contributed by atoms with Gasteiger partial charge in [0.05, 0.1) is 0 Å². The lowest BCUT2D eigenvalue weighted by Gasteiger charge is -2.32. The first-order valence-corrected chi connectivity index (χ1v) is 11.7. The number of ether oxygens (including phenoxy) is 2. The summed E-state index contributed by atoms with van der Waals surface area (Å²) in [6.07, 6.45) is 7.65. The minimum absolute atomic E-state index is 0.0557. The van der Waals surface area contributed by atoms with Gasteiger partial charge in [0, 0.05) is 10.9 Å². The Morgan fingerprint density at radius 3 is 2.30 bits per heavy atom. The number of rotatable bonds is 5. The van der Waals surface area contributed by atoms with E-state index in [1.54, 1.807) is 6.92 Å². The number of hydrogen-bond donors (Lipinski definition) is 0. The molecule has 0 spiro atoms. The van der Waals surface area contributed by atoms with E-state index in [9.17, 15) is 4.79 Å². The van der Waals surface area contributed by atoms with Gasteiger partial charge in [0.1, 0.15) is 17.3 Å². The van der Waals surface area contributed by atoms with Crippen molar-refractivity contribution in [1.82, 2.24) is 0 Å². The Morgan fingerprint density at radius 1 is 1.07 bits per heavy atom. The Hall–Kier alpha value is -1.60. The minimum Gasteiger partial charge on any atom is -0.481 e. The Labute approximate surface area is 166 Å². The standard InChI is InChI=1S/C23H31O3S/c1-4-10-23(11-6-5-7-12-23)26-21(24)17-25-22-18(2)15-20(16-19(22)3)27-13-8-9-14-27/h15-16H,5-9,11-14,17H2,1-3H3/q+1. The van der Waals surface area contributed by atoms with Crippen LogP contribution in [0.3, 0.4) is 0 Å². The van der Waals surface area contributed by atoms with E-state index in [1.165, 1.54) is 35.7 Å². The molecule has 1 heterocycles. The molecule has 1 saturated heterocycles. The first-order chi connectivity index (χ1) is 13.0. The predicted octanol–water partition coefficient (Wildman–Crippen LogP) is 4.72. The second-order valence-electron chi connectivity index (χ2n) is 7.69. The Bertz CT molecular complexity index is 709. The van der Waals surface area contributed by atoms with Gasteiger partial charge in [0.15, 0.2) is 17.1 Å². The van der Waals surface area contributed by atoms with Crippen LogP contribution in [0.4, 0.5) is 0 Å². The molecule has 1 saturated carbocycles. The molecule has 0 radical (unpaired) electrons. The number of carbonyl (C=O) groups is 1. The average Bonchev–Trinajstić information content (AvgIpc) is 3.16. The van der Waals surface area contributed by atoms with Crippen LogP contribution in [0, 0.1) is 25.7 Å². The fraction of sp³-hybridized carbons (Fsp3) is 0.609. The van der Waals surface area contributed by atoms with Crippen molar-refractivity contribution in [3.8, 4) is 17.6 Å². The molecule has 1 aliphatic heterocycles. The third-order valence-corrected chi connectivity index (χ3v) is 7.92. The molecule has 4 heteroatoms. The van der Waals surface area contributed by atoms with Gasteiger partial charge in [-0.2, -0.15) is 0 Å². The summed E-state index contributed by atoms with van der Waals surface area (Å²) in [6.45, 7) is 5.89. The lowest BCUT2D eigenvalue weighted by atomic mass is 9.85. The molecule has 2 fully saturated rings. The van der Waals surface area contributed by atoms with Crippen LogP contribution in [0.2, 0.25) is 0 Å². The van der Waals surface area contributed by atoms with Crippen molar-refractivity contribution in [2.24, 2.45) is 0 Å². The molecule has 1 aromatic rings. The maximum atomic E-state index is 12.4. The number of esters is 1. The van der Waals surface area contributed by atoms with Crippen LogP contribution in [0.1, 0.15) is 63.0 Å². The summed E-state index contributed by atoms with van der Waals surface area (Å²) < 4.78 is 11.7. The Kier molecular flexibility index (Phi) is 6.76. The van der Waals surface area contributed by atoms with Gasteiger partial charge < -0.3 is 9.47 Å². The lowest BCUT2D eigenvalue weighted by molar-refractivity contribution is -0.159. The molecule has 0 bridgehead atoms. The summed E-state index contributed by atoms with van der Waals surface area (Å²) in [6, 6.07) is 4.49. The first kappa shape index (κ1) is 20.1. The van der Waals surface area contributed by atoms with Crippen molar-refractivity contribution in [3.05, 3.63) is 23.3 Å². The number of carbonyl (C=O) groups excluding carboxylic acids is 1. The van der Waals surface area contributed by atoms with E-state index < -0.39 is 5.60 Å². The molecule has 0 unspecified atom stereocenters.